The molecular formula is C15H11F2N5. The largest absolute Gasteiger partial charge is 0.294 e. The first-order chi connectivity index (χ1) is 10.7. The number of nitrogens with one attached hydrogen (secondary N) is 1. The Morgan fingerprint density at radius 3 is 2.68 bits per heavy atom. The Morgan fingerprint density at radius 2 is 1.91 bits per heavy atom. The SMILES string of the molecule is C/N=C/c1[nH]nnc1-c1cccc(-c2ccc(F)c(F)c2)n1. The number of rotatable bonds is 3. The van der Waals surface area contributed by atoms with Crippen LogP contribution in [-0.2, 0) is 0 Å². The first kappa shape index (κ1) is 14.0. The predicted molar refractivity (Wildman–Crippen MR) is 78.5 cm³/mol. The molecule has 0 saturated heterocycles. The van der Waals surface area contributed by atoms with Gasteiger partial charge in [-0.2, -0.15) is 0 Å². The van der Waals surface area contributed by atoms with Gasteiger partial charge in [0.25, 0.3) is 0 Å². The molecule has 0 saturated carbocycles. The summed E-state index contributed by atoms with van der Waals surface area (Å²) >= 11 is 0. The van der Waals surface area contributed by atoms with Crippen molar-refractivity contribution in [3.05, 3.63) is 53.7 Å². The summed E-state index contributed by atoms with van der Waals surface area (Å²) in [4.78, 5) is 8.34. The van der Waals surface area contributed by atoms with E-state index in [0.29, 0.717) is 28.3 Å². The molecule has 5 nitrogen and oxygen atoms in total. The molecule has 0 spiro atoms. The summed E-state index contributed by atoms with van der Waals surface area (Å²) in [6, 6.07) is 8.89. The molecule has 0 aliphatic rings. The van der Waals surface area contributed by atoms with Crippen molar-refractivity contribution >= 4 is 6.21 Å². The van der Waals surface area contributed by atoms with Crippen LogP contribution < -0.4 is 0 Å². The van der Waals surface area contributed by atoms with Crippen LogP contribution in [0.15, 0.2) is 41.4 Å². The highest BCUT2D eigenvalue weighted by Crippen LogP contribution is 2.23. The van der Waals surface area contributed by atoms with Crippen molar-refractivity contribution in [3.8, 4) is 22.6 Å². The fourth-order valence-corrected chi connectivity index (χ4v) is 2.03. The van der Waals surface area contributed by atoms with Crippen LogP contribution in [0.2, 0.25) is 0 Å². The van der Waals surface area contributed by atoms with Gasteiger partial charge < -0.3 is 0 Å². The van der Waals surface area contributed by atoms with Crippen LogP contribution >= 0.6 is 0 Å². The second kappa shape index (κ2) is 5.80. The highest BCUT2D eigenvalue weighted by atomic mass is 19.2. The molecule has 0 amide bonds. The van der Waals surface area contributed by atoms with Gasteiger partial charge >= 0.3 is 0 Å². The van der Waals surface area contributed by atoms with Gasteiger partial charge in [0.1, 0.15) is 11.4 Å². The minimum Gasteiger partial charge on any atom is -0.294 e. The van der Waals surface area contributed by atoms with E-state index >= 15 is 0 Å². The molecule has 3 rings (SSSR count). The summed E-state index contributed by atoms with van der Waals surface area (Å²) in [5.41, 5.74) is 2.71. The van der Waals surface area contributed by atoms with Gasteiger partial charge in [-0.05, 0) is 30.3 Å². The third-order valence-corrected chi connectivity index (χ3v) is 3.04. The van der Waals surface area contributed by atoms with E-state index in [2.05, 4.69) is 25.4 Å². The molecule has 110 valence electrons. The minimum atomic E-state index is -0.912. The van der Waals surface area contributed by atoms with Gasteiger partial charge in [-0.3, -0.25) is 10.1 Å². The van der Waals surface area contributed by atoms with E-state index in [1.54, 1.807) is 31.5 Å². The molecule has 1 aromatic carbocycles. The molecule has 0 atom stereocenters. The van der Waals surface area contributed by atoms with Crippen molar-refractivity contribution in [3.63, 3.8) is 0 Å². The Kier molecular flexibility index (Phi) is 3.69. The van der Waals surface area contributed by atoms with Gasteiger partial charge in [-0.1, -0.05) is 11.3 Å². The summed E-state index contributed by atoms with van der Waals surface area (Å²) in [5, 5.41) is 10.4. The average molecular weight is 299 g/mol. The standard InChI is InChI=1S/C15H11F2N5/c1-18-8-14-15(21-22-20-14)13-4-2-3-12(19-13)9-5-6-10(16)11(17)7-9/h2-8H,1H3,(H,20,21,22)/b18-8+. The van der Waals surface area contributed by atoms with Crippen molar-refractivity contribution < 1.29 is 8.78 Å². The summed E-state index contributed by atoms with van der Waals surface area (Å²) < 4.78 is 26.4. The van der Waals surface area contributed by atoms with Crippen LogP contribution in [0.1, 0.15) is 5.69 Å². The van der Waals surface area contributed by atoms with Gasteiger partial charge in [0.05, 0.1) is 11.4 Å². The van der Waals surface area contributed by atoms with Crippen LogP contribution in [0.5, 0.6) is 0 Å². The second-order valence-electron chi connectivity index (χ2n) is 4.50. The number of aliphatic imine (C=N–C) groups is 1. The number of pyridine rings is 1. The number of hydrogen-bond donors (Lipinski definition) is 1. The third kappa shape index (κ3) is 2.60. The van der Waals surface area contributed by atoms with E-state index in [9.17, 15) is 8.78 Å². The Balaban J connectivity index is 2.06. The lowest BCUT2D eigenvalue weighted by Crippen LogP contribution is -1.93. The van der Waals surface area contributed by atoms with Crippen LogP contribution in [0.4, 0.5) is 8.78 Å². The molecular weight excluding hydrogens is 288 g/mol. The Labute approximate surface area is 124 Å². The molecule has 2 aromatic heterocycles. The van der Waals surface area contributed by atoms with Gasteiger partial charge in [0, 0.05) is 18.8 Å². The van der Waals surface area contributed by atoms with Crippen LogP contribution in [0, 0.1) is 11.6 Å². The van der Waals surface area contributed by atoms with Gasteiger partial charge in [-0.25, -0.2) is 13.8 Å². The van der Waals surface area contributed by atoms with E-state index in [1.165, 1.54) is 6.07 Å². The molecule has 0 radical (unpaired) electrons. The highest BCUT2D eigenvalue weighted by Gasteiger charge is 2.11. The predicted octanol–water partition coefficient (Wildman–Crippen LogP) is 2.86. The Morgan fingerprint density at radius 1 is 1.09 bits per heavy atom. The fraction of sp³-hybridized carbons (Fsp3) is 0.0667. The van der Waals surface area contributed by atoms with E-state index in [1.807, 2.05) is 0 Å². The zero-order valence-corrected chi connectivity index (χ0v) is 11.6. The van der Waals surface area contributed by atoms with Crippen molar-refractivity contribution in [1.29, 1.82) is 0 Å². The first-order valence-electron chi connectivity index (χ1n) is 6.45. The zero-order valence-electron chi connectivity index (χ0n) is 11.6. The summed E-state index contributed by atoms with van der Waals surface area (Å²) in [6.07, 6.45) is 1.58. The summed E-state index contributed by atoms with van der Waals surface area (Å²) in [7, 11) is 1.63. The number of hydrogen-bond acceptors (Lipinski definition) is 4. The van der Waals surface area contributed by atoms with E-state index in [0.717, 1.165) is 12.1 Å². The van der Waals surface area contributed by atoms with Gasteiger partial charge in [0.15, 0.2) is 11.6 Å². The smallest absolute Gasteiger partial charge is 0.159 e. The van der Waals surface area contributed by atoms with Crippen LogP contribution in [0.25, 0.3) is 22.6 Å². The van der Waals surface area contributed by atoms with Crippen molar-refractivity contribution in [1.82, 2.24) is 20.4 Å². The van der Waals surface area contributed by atoms with Gasteiger partial charge in [0.2, 0.25) is 0 Å². The third-order valence-electron chi connectivity index (χ3n) is 3.04. The monoisotopic (exact) mass is 299 g/mol. The van der Waals surface area contributed by atoms with Crippen molar-refractivity contribution in [2.24, 2.45) is 4.99 Å². The molecule has 1 N–H and O–H groups in total. The molecule has 3 aromatic rings. The van der Waals surface area contributed by atoms with Crippen molar-refractivity contribution in [2.45, 2.75) is 0 Å². The molecule has 0 aliphatic heterocycles. The molecule has 0 aliphatic carbocycles. The molecule has 0 fully saturated rings. The van der Waals surface area contributed by atoms with Crippen LogP contribution in [0.3, 0.4) is 0 Å². The number of H-pyrrole nitrogens is 1. The quantitative estimate of drug-likeness (QED) is 0.756. The van der Waals surface area contributed by atoms with E-state index < -0.39 is 11.6 Å². The van der Waals surface area contributed by atoms with E-state index in [4.69, 9.17) is 0 Å². The minimum absolute atomic E-state index is 0.481. The second-order valence-corrected chi connectivity index (χ2v) is 4.50. The Hall–Kier alpha value is -2.96. The number of halogens is 2. The maximum atomic E-state index is 13.4. The lowest BCUT2D eigenvalue weighted by Gasteiger charge is -2.04. The Bertz CT molecular complexity index is 841. The van der Waals surface area contributed by atoms with Gasteiger partial charge in [-0.15, -0.1) is 5.10 Å². The zero-order chi connectivity index (χ0) is 15.5. The lowest BCUT2D eigenvalue weighted by molar-refractivity contribution is 0.509. The molecule has 7 heteroatoms. The number of benzene rings is 1. The maximum absolute atomic E-state index is 13.4. The number of aromatic nitrogens is 4. The number of nitrogens with zero attached hydrogens (tertiary/aromatic N) is 4. The molecule has 2 heterocycles. The molecule has 0 bridgehead atoms. The lowest BCUT2D eigenvalue weighted by atomic mass is 10.1. The average Bonchev–Trinajstić information content (AvgIpc) is 2.99. The maximum Gasteiger partial charge on any atom is 0.159 e. The van der Waals surface area contributed by atoms with E-state index in [-0.39, 0.29) is 0 Å². The highest BCUT2D eigenvalue weighted by molar-refractivity contribution is 5.85. The topological polar surface area (TPSA) is 66.8 Å². The normalized spacial score (nSPS) is 11.2. The number of aromatic amines is 1. The fourth-order valence-electron chi connectivity index (χ4n) is 2.03. The molecule has 0 unspecified atom stereocenters. The van der Waals surface area contributed by atoms with Crippen LogP contribution in [-0.4, -0.2) is 33.7 Å². The summed E-state index contributed by atoms with van der Waals surface area (Å²) in [6.45, 7) is 0. The first-order valence-corrected chi connectivity index (χ1v) is 6.45. The summed E-state index contributed by atoms with van der Waals surface area (Å²) in [5.74, 6) is -1.80. The van der Waals surface area contributed by atoms with Crippen molar-refractivity contribution in [2.75, 3.05) is 7.05 Å². The molecule has 22 heavy (non-hydrogen) atoms.